The average Bonchev–Trinajstić information content (AvgIpc) is 2.20. The topological polar surface area (TPSA) is 68.2 Å². The van der Waals surface area contributed by atoms with Crippen LogP contribution in [0.1, 0.15) is 39.5 Å². The van der Waals surface area contributed by atoms with Crippen LogP contribution >= 0.6 is 0 Å². The fourth-order valence-electron chi connectivity index (χ4n) is 0.0136. The third-order valence-electron chi connectivity index (χ3n) is 0.768. The maximum Gasteiger partial charge on any atom is 2.00 e. The van der Waals surface area contributed by atoms with Crippen molar-refractivity contribution in [2.45, 2.75) is 39.5 Å². The van der Waals surface area contributed by atoms with Gasteiger partial charge in [-0.1, -0.05) is 26.7 Å². The van der Waals surface area contributed by atoms with Gasteiger partial charge in [-0.2, -0.15) is 12.8 Å². The molecule has 0 rings (SSSR count). The second kappa shape index (κ2) is 37.4. The summed E-state index contributed by atoms with van der Waals surface area (Å²) >= 11 is 0. The molecule has 2 N–H and O–H groups in total. The number of hydrogen-bond donors (Lipinski definition) is 2. The van der Waals surface area contributed by atoms with Crippen LogP contribution in [-0.4, -0.2) is 33.6 Å². The molecule has 0 saturated carbocycles. The Bertz CT molecular complexity index is 47.0. The molecule has 14 heavy (non-hydrogen) atoms. The SMILES string of the molecule is OOOOO.[CH2-]CCC.[CH2-]CCC.[Mg+2]. The van der Waals surface area contributed by atoms with Gasteiger partial charge in [0, 0.05) is 0 Å². The van der Waals surface area contributed by atoms with Gasteiger partial charge in [-0.3, -0.25) is 0 Å². The summed E-state index contributed by atoms with van der Waals surface area (Å²) in [6, 6.07) is 0. The molecule has 0 bridgehead atoms. The maximum atomic E-state index is 7.06. The van der Waals surface area contributed by atoms with Crippen LogP contribution in [-0.2, 0) is 15.1 Å². The molecule has 0 aliphatic heterocycles. The van der Waals surface area contributed by atoms with Crippen molar-refractivity contribution in [3.63, 3.8) is 0 Å². The minimum absolute atomic E-state index is 0. The third kappa shape index (κ3) is 80.6. The van der Waals surface area contributed by atoms with Crippen LogP contribution in [0.25, 0.3) is 0 Å². The first-order valence-electron chi connectivity index (χ1n) is 4.11. The van der Waals surface area contributed by atoms with Gasteiger partial charge in [0.2, 0.25) is 0 Å². The summed E-state index contributed by atoms with van der Waals surface area (Å²) in [4.78, 5) is 0. The van der Waals surface area contributed by atoms with E-state index in [1.807, 2.05) is 0 Å². The molecular weight excluding hydrogens is 200 g/mol. The first kappa shape index (κ1) is 24.0. The van der Waals surface area contributed by atoms with Crippen LogP contribution in [0, 0.1) is 13.8 Å². The van der Waals surface area contributed by atoms with E-state index in [4.69, 9.17) is 10.5 Å². The summed E-state index contributed by atoms with van der Waals surface area (Å²) in [6.07, 6.45) is 4.56. The molecule has 0 aliphatic carbocycles. The molecule has 0 spiro atoms. The third-order valence-corrected chi connectivity index (χ3v) is 0.768. The van der Waals surface area contributed by atoms with Gasteiger partial charge in [0.1, 0.15) is 0 Å². The van der Waals surface area contributed by atoms with E-state index >= 15 is 0 Å². The van der Waals surface area contributed by atoms with Crippen molar-refractivity contribution >= 4 is 23.1 Å². The molecule has 0 aromatic rings. The van der Waals surface area contributed by atoms with E-state index in [2.05, 4.69) is 42.8 Å². The molecule has 6 heteroatoms. The second-order valence-electron chi connectivity index (χ2n) is 1.92. The fourth-order valence-corrected chi connectivity index (χ4v) is 0.0136. The number of unbranched alkanes of at least 4 members (excludes halogenated alkanes) is 2. The van der Waals surface area contributed by atoms with E-state index in [1.54, 1.807) is 0 Å². The van der Waals surface area contributed by atoms with Crippen molar-refractivity contribution in [1.29, 1.82) is 0 Å². The molecule has 0 saturated heterocycles. The molecule has 0 fully saturated rings. The Labute approximate surface area is 102 Å². The zero-order valence-corrected chi connectivity index (χ0v) is 10.5. The Kier molecular flexibility index (Phi) is 64.2. The largest absolute Gasteiger partial charge is 2.00 e. The quantitative estimate of drug-likeness (QED) is 0.330. The predicted octanol–water partition coefficient (Wildman–Crippen LogP) is 2.67. The van der Waals surface area contributed by atoms with Gasteiger partial charge in [-0.15, -0.1) is 0 Å². The molecule has 0 heterocycles. The first-order valence-corrected chi connectivity index (χ1v) is 4.11. The monoisotopic (exact) mass is 220 g/mol. The van der Waals surface area contributed by atoms with E-state index in [1.165, 1.54) is 12.8 Å². The minimum atomic E-state index is 0. The van der Waals surface area contributed by atoms with Crippen molar-refractivity contribution in [3.8, 4) is 0 Å². The Morgan fingerprint density at radius 1 is 0.929 bits per heavy atom. The number of rotatable bonds is 4. The molecule has 0 amide bonds. The van der Waals surface area contributed by atoms with E-state index in [0.29, 0.717) is 0 Å². The Morgan fingerprint density at radius 2 is 1.14 bits per heavy atom. The second-order valence-corrected chi connectivity index (χ2v) is 1.92. The van der Waals surface area contributed by atoms with Crippen LogP contribution in [0.3, 0.4) is 0 Å². The molecule has 0 radical (unpaired) electrons. The summed E-state index contributed by atoms with van der Waals surface area (Å²) in [5.41, 5.74) is 0. The molecule has 0 aromatic carbocycles. The van der Waals surface area contributed by atoms with Gasteiger partial charge in [0.15, 0.2) is 0 Å². The van der Waals surface area contributed by atoms with Gasteiger partial charge >= 0.3 is 23.1 Å². The summed E-state index contributed by atoms with van der Waals surface area (Å²) in [7, 11) is 0. The molecular formula is C8H20MgO5. The zero-order valence-electron chi connectivity index (χ0n) is 9.07. The normalized spacial score (nSPS) is 7.29. The van der Waals surface area contributed by atoms with Crippen LogP contribution in [0.5, 0.6) is 0 Å². The molecule has 0 aliphatic rings. The molecule has 0 atom stereocenters. The van der Waals surface area contributed by atoms with Gasteiger partial charge in [0.05, 0.1) is 0 Å². The Morgan fingerprint density at radius 3 is 1.14 bits per heavy atom. The maximum absolute atomic E-state index is 7.06. The average molecular weight is 221 g/mol. The summed E-state index contributed by atoms with van der Waals surface area (Å²) in [5, 5.41) is 22.5. The van der Waals surface area contributed by atoms with Crippen LogP contribution in [0.2, 0.25) is 0 Å². The summed E-state index contributed by atoms with van der Waals surface area (Å²) < 4.78 is 0. The van der Waals surface area contributed by atoms with E-state index in [9.17, 15) is 0 Å². The minimum Gasteiger partial charge on any atom is -0.343 e. The summed E-state index contributed by atoms with van der Waals surface area (Å²) in [5.74, 6) is 0. The van der Waals surface area contributed by atoms with Crippen molar-refractivity contribution < 1.29 is 25.6 Å². The molecule has 0 aromatic heterocycles. The Balaban J connectivity index is -0.0000000522. The van der Waals surface area contributed by atoms with Crippen molar-refractivity contribution in [1.82, 2.24) is 0 Å². The summed E-state index contributed by atoms with van der Waals surface area (Å²) in [6.45, 7) is 11.4. The van der Waals surface area contributed by atoms with Gasteiger partial charge in [-0.25, -0.2) is 10.5 Å². The van der Waals surface area contributed by atoms with Crippen LogP contribution in [0.15, 0.2) is 0 Å². The van der Waals surface area contributed by atoms with Crippen molar-refractivity contribution in [3.05, 3.63) is 13.8 Å². The molecule has 0 unspecified atom stereocenters. The van der Waals surface area contributed by atoms with Crippen LogP contribution < -0.4 is 0 Å². The van der Waals surface area contributed by atoms with Gasteiger partial charge in [0.25, 0.3) is 0 Å². The van der Waals surface area contributed by atoms with Crippen LogP contribution in [0.4, 0.5) is 0 Å². The molecule has 5 nitrogen and oxygen atoms in total. The Hall–Kier alpha value is 0.566. The predicted molar refractivity (Wildman–Crippen MR) is 54.8 cm³/mol. The zero-order chi connectivity index (χ0) is 10.9. The van der Waals surface area contributed by atoms with Crippen molar-refractivity contribution in [2.75, 3.05) is 0 Å². The first-order chi connectivity index (χ1) is 6.24. The fraction of sp³-hybridized carbons (Fsp3) is 0.750. The van der Waals surface area contributed by atoms with Gasteiger partial charge in [-0.05, 0) is 15.1 Å². The van der Waals surface area contributed by atoms with Gasteiger partial charge < -0.3 is 13.8 Å². The number of hydrogen-bond acceptors (Lipinski definition) is 5. The van der Waals surface area contributed by atoms with E-state index < -0.39 is 0 Å². The smallest absolute Gasteiger partial charge is 0.343 e. The van der Waals surface area contributed by atoms with Crippen molar-refractivity contribution in [2.24, 2.45) is 0 Å². The standard InChI is InChI=1S/2C4H9.Mg.H2O5/c2*1-3-4-2;;1-3-5-4-2/h2*1,3-4H2,2H3;;1-2H/q2*-1;+2;. The molecule has 84 valence electrons. The van der Waals surface area contributed by atoms with E-state index in [-0.39, 0.29) is 23.1 Å². The van der Waals surface area contributed by atoms with E-state index in [0.717, 1.165) is 12.8 Å².